The predicted molar refractivity (Wildman–Crippen MR) is 61.2 cm³/mol. The number of hydrogen-bond donors (Lipinski definition) is 2. The van der Waals surface area contributed by atoms with Crippen molar-refractivity contribution < 1.29 is 14.6 Å². The van der Waals surface area contributed by atoms with E-state index in [0.717, 1.165) is 5.56 Å². The topological polar surface area (TPSA) is 58.6 Å². The lowest BCUT2D eigenvalue weighted by Crippen LogP contribution is -2.33. The fourth-order valence-corrected chi connectivity index (χ4v) is 1.29. The minimum absolute atomic E-state index is 0.167. The molecule has 4 heteroatoms. The second-order valence-electron chi connectivity index (χ2n) is 3.62. The van der Waals surface area contributed by atoms with Gasteiger partial charge in [-0.25, -0.2) is 0 Å². The highest BCUT2D eigenvalue weighted by atomic mass is 16.5. The van der Waals surface area contributed by atoms with Crippen molar-refractivity contribution in [3.8, 4) is 5.75 Å². The molecule has 0 radical (unpaired) electrons. The van der Waals surface area contributed by atoms with Crippen LogP contribution < -0.4 is 10.1 Å². The Morgan fingerprint density at radius 3 is 2.31 bits per heavy atom. The SMILES string of the molecule is CNC(=O)C(C)Oc1ccc([C@H](C)O)cc1. The molecule has 0 aliphatic heterocycles. The van der Waals surface area contributed by atoms with Crippen LogP contribution in [-0.4, -0.2) is 24.2 Å². The van der Waals surface area contributed by atoms with Crippen LogP contribution in [0.4, 0.5) is 0 Å². The van der Waals surface area contributed by atoms with Gasteiger partial charge in [-0.2, -0.15) is 0 Å². The predicted octanol–water partition coefficient (Wildman–Crippen LogP) is 1.25. The standard InChI is InChI=1S/C12H17NO3/c1-8(14)10-4-6-11(7-5-10)16-9(2)12(15)13-3/h4-9,14H,1-3H3,(H,13,15)/t8-,9?/m0/s1. The zero-order chi connectivity index (χ0) is 12.1. The molecule has 88 valence electrons. The zero-order valence-electron chi connectivity index (χ0n) is 9.73. The average Bonchev–Trinajstić information content (AvgIpc) is 2.28. The van der Waals surface area contributed by atoms with Crippen molar-refractivity contribution >= 4 is 5.91 Å². The first kappa shape index (κ1) is 12.5. The van der Waals surface area contributed by atoms with E-state index in [-0.39, 0.29) is 5.91 Å². The highest BCUT2D eigenvalue weighted by Gasteiger charge is 2.12. The van der Waals surface area contributed by atoms with Crippen molar-refractivity contribution in [1.29, 1.82) is 0 Å². The lowest BCUT2D eigenvalue weighted by Gasteiger charge is -2.13. The maximum Gasteiger partial charge on any atom is 0.260 e. The van der Waals surface area contributed by atoms with E-state index in [4.69, 9.17) is 4.74 Å². The van der Waals surface area contributed by atoms with E-state index in [1.165, 1.54) is 0 Å². The number of nitrogens with one attached hydrogen (secondary N) is 1. The zero-order valence-corrected chi connectivity index (χ0v) is 9.73. The maximum atomic E-state index is 11.2. The quantitative estimate of drug-likeness (QED) is 0.807. The number of carbonyl (C=O) groups excluding carboxylic acids is 1. The van der Waals surface area contributed by atoms with Gasteiger partial charge in [0.1, 0.15) is 5.75 Å². The number of likely N-dealkylation sites (N-methyl/N-ethyl adjacent to an activating group) is 1. The van der Waals surface area contributed by atoms with E-state index < -0.39 is 12.2 Å². The van der Waals surface area contributed by atoms with Gasteiger partial charge in [0.05, 0.1) is 6.10 Å². The third-order valence-electron chi connectivity index (χ3n) is 2.29. The summed E-state index contributed by atoms with van der Waals surface area (Å²) < 4.78 is 5.41. The van der Waals surface area contributed by atoms with Gasteiger partial charge in [0.25, 0.3) is 5.91 Å². The molecule has 0 aliphatic rings. The smallest absolute Gasteiger partial charge is 0.260 e. The Hall–Kier alpha value is -1.55. The van der Waals surface area contributed by atoms with Crippen LogP contribution in [0, 0.1) is 0 Å². The van der Waals surface area contributed by atoms with E-state index in [2.05, 4.69) is 5.32 Å². The van der Waals surface area contributed by atoms with Crippen LogP contribution in [0.25, 0.3) is 0 Å². The van der Waals surface area contributed by atoms with E-state index >= 15 is 0 Å². The number of rotatable bonds is 4. The maximum absolute atomic E-state index is 11.2. The van der Waals surface area contributed by atoms with Crippen molar-refractivity contribution in [3.63, 3.8) is 0 Å². The molecule has 0 saturated heterocycles. The van der Waals surface area contributed by atoms with Crippen LogP contribution in [0.2, 0.25) is 0 Å². The lowest BCUT2D eigenvalue weighted by atomic mass is 10.1. The number of aliphatic hydroxyl groups is 1. The first-order chi connectivity index (χ1) is 7.54. The second-order valence-corrected chi connectivity index (χ2v) is 3.62. The minimum Gasteiger partial charge on any atom is -0.481 e. The number of hydrogen-bond acceptors (Lipinski definition) is 3. The molecule has 0 heterocycles. The molecule has 1 aromatic rings. The van der Waals surface area contributed by atoms with Gasteiger partial charge in [-0.15, -0.1) is 0 Å². The minimum atomic E-state index is -0.526. The first-order valence-electron chi connectivity index (χ1n) is 5.21. The molecule has 1 rings (SSSR count). The van der Waals surface area contributed by atoms with Crippen molar-refractivity contribution in [3.05, 3.63) is 29.8 Å². The number of aliphatic hydroxyl groups excluding tert-OH is 1. The summed E-state index contributed by atoms with van der Waals surface area (Å²) >= 11 is 0. The first-order valence-corrected chi connectivity index (χ1v) is 5.21. The molecule has 0 saturated carbocycles. The van der Waals surface area contributed by atoms with Crippen molar-refractivity contribution in [2.75, 3.05) is 7.05 Å². The van der Waals surface area contributed by atoms with E-state index in [0.29, 0.717) is 5.75 Å². The van der Waals surface area contributed by atoms with Gasteiger partial charge in [0.2, 0.25) is 0 Å². The molecule has 0 fully saturated rings. The summed E-state index contributed by atoms with van der Waals surface area (Å²) in [5, 5.41) is 11.8. The fourth-order valence-electron chi connectivity index (χ4n) is 1.29. The van der Waals surface area contributed by atoms with Crippen LogP contribution in [0.3, 0.4) is 0 Å². The Morgan fingerprint density at radius 2 is 1.88 bits per heavy atom. The Kier molecular flexibility index (Phi) is 4.31. The monoisotopic (exact) mass is 223 g/mol. The molecule has 16 heavy (non-hydrogen) atoms. The van der Waals surface area contributed by atoms with E-state index in [1.54, 1.807) is 45.2 Å². The largest absolute Gasteiger partial charge is 0.481 e. The van der Waals surface area contributed by atoms with Gasteiger partial charge in [-0.1, -0.05) is 12.1 Å². The Balaban J connectivity index is 2.65. The number of ether oxygens (including phenoxy) is 1. The summed E-state index contributed by atoms with van der Waals surface area (Å²) in [6.07, 6.45) is -1.02. The third-order valence-corrected chi connectivity index (χ3v) is 2.29. The third kappa shape index (κ3) is 3.24. The van der Waals surface area contributed by atoms with Crippen molar-refractivity contribution in [1.82, 2.24) is 5.32 Å². The van der Waals surface area contributed by atoms with E-state index in [1.807, 2.05) is 0 Å². The van der Waals surface area contributed by atoms with Crippen molar-refractivity contribution in [2.45, 2.75) is 26.1 Å². The molecular formula is C12H17NO3. The fraction of sp³-hybridized carbons (Fsp3) is 0.417. The summed E-state index contributed by atoms with van der Waals surface area (Å²) in [6, 6.07) is 7.02. The molecule has 2 N–H and O–H groups in total. The Bertz CT molecular complexity index is 346. The normalized spacial score (nSPS) is 14.0. The van der Waals surface area contributed by atoms with Gasteiger partial charge in [0.15, 0.2) is 6.10 Å². The molecule has 4 nitrogen and oxygen atoms in total. The summed E-state index contributed by atoms with van der Waals surface area (Å²) in [7, 11) is 1.57. The van der Waals surface area contributed by atoms with Gasteiger partial charge < -0.3 is 15.2 Å². The van der Waals surface area contributed by atoms with Gasteiger partial charge in [0, 0.05) is 7.05 Å². The number of benzene rings is 1. The summed E-state index contributed by atoms with van der Waals surface area (Å²) in [4.78, 5) is 11.2. The van der Waals surface area contributed by atoms with Crippen LogP contribution in [0.5, 0.6) is 5.75 Å². The van der Waals surface area contributed by atoms with Crippen LogP contribution >= 0.6 is 0 Å². The molecule has 0 spiro atoms. The summed E-state index contributed by atoms with van der Waals surface area (Å²) in [6.45, 7) is 3.38. The van der Waals surface area contributed by atoms with Crippen molar-refractivity contribution in [2.24, 2.45) is 0 Å². The van der Waals surface area contributed by atoms with Crippen LogP contribution in [-0.2, 0) is 4.79 Å². The molecule has 2 atom stereocenters. The van der Waals surface area contributed by atoms with Gasteiger partial charge in [-0.05, 0) is 31.5 Å². The Labute approximate surface area is 95.2 Å². The van der Waals surface area contributed by atoms with Crippen LogP contribution in [0.1, 0.15) is 25.5 Å². The van der Waals surface area contributed by atoms with Gasteiger partial charge in [-0.3, -0.25) is 4.79 Å². The molecule has 0 aliphatic carbocycles. The molecular weight excluding hydrogens is 206 g/mol. The average molecular weight is 223 g/mol. The number of carbonyl (C=O) groups is 1. The molecule has 1 aromatic carbocycles. The van der Waals surface area contributed by atoms with Crippen LogP contribution in [0.15, 0.2) is 24.3 Å². The molecule has 1 amide bonds. The number of amides is 1. The Morgan fingerprint density at radius 1 is 1.31 bits per heavy atom. The summed E-state index contributed by atoms with van der Waals surface area (Å²) in [5.41, 5.74) is 0.819. The highest BCUT2D eigenvalue weighted by Crippen LogP contribution is 2.18. The highest BCUT2D eigenvalue weighted by molar-refractivity contribution is 5.80. The summed E-state index contributed by atoms with van der Waals surface area (Å²) in [5.74, 6) is 0.445. The molecule has 0 bridgehead atoms. The lowest BCUT2D eigenvalue weighted by molar-refractivity contribution is -0.126. The second kappa shape index (κ2) is 5.51. The van der Waals surface area contributed by atoms with Gasteiger partial charge >= 0.3 is 0 Å². The molecule has 0 aromatic heterocycles. The van der Waals surface area contributed by atoms with E-state index in [9.17, 15) is 9.90 Å². The molecule has 1 unspecified atom stereocenters.